The molecule has 0 aromatic heterocycles. The lowest BCUT2D eigenvalue weighted by molar-refractivity contribution is -0.144. The molecule has 0 amide bonds. The molecule has 0 bridgehead atoms. The molecule has 1 N–H and O–H groups in total. The summed E-state index contributed by atoms with van der Waals surface area (Å²) < 4.78 is 0. The van der Waals surface area contributed by atoms with Gasteiger partial charge in [-0.25, -0.2) is 0 Å². The Morgan fingerprint density at radius 2 is 1.58 bits per heavy atom. The summed E-state index contributed by atoms with van der Waals surface area (Å²) in [5, 5.41) is 8.75. The van der Waals surface area contributed by atoms with Crippen LogP contribution < -0.4 is 0 Å². The van der Waals surface area contributed by atoms with Crippen LogP contribution in [-0.4, -0.2) is 11.1 Å². The third kappa shape index (κ3) is 5.97. The molecule has 2 aliphatic rings. The van der Waals surface area contributed by atoms with Crippen LogP contribution in [0.3, 0.4) is 0 Å². The van der Waals surface area contributed by atoms with E-state index in [1.165, 1.54) is 25.7 Å². The molecule has 2 saturated carbocycles. The Kier molecular flexibility index (Phi) is 5.46. The highest BCUT2D eigenvalue weighted by molar-refractivity contribution is 5.77. The first-order chi connectivity index (χ1) is 8.69. The van der Waals surface area contributed by atoms with Gasteiger partial charge < -0.3 is 5.11 Å². The largest absolute Gasteiger partial charge is 0.481 e. The van der Waals surface area contributed by atoms with Crippen LogP contribution in [0.25, 0.3) is 0 Å². The van der Waals surface area contributed by atoms with Gasteiger partial charge in [0.15, 0.2) is 0 Å². The van der Waals surface area contributed by atoms with Crippen molar-refractivity contribution in [1.29, 1.82) is 0 Å². The van der Waals surface area contributed by atoms with Gasteiger partial charge in [0.2, 0.25) is 0 Å². The van der Waals surface area contributed by atoms with Gasteiger partial charge in [0.25, 0.3) is 0 Å². The molecule has 0 saturated heterocycles. The molecule has 0 aliphatic heterocycles. The van der Waals surface area contributed by atoms with Crippen molar-refractivity contribution in [3.8, 4) is 0 Å². The fourth-order valence-electron chi connectivity index (χ4n) is 2.54. The summed E-state index contributed by atoms with van der Waals surface area (Å²) in [5.41, 5.74) is 0.471. The van der Waals surface area contributed by atoms with Crippen LogP contribution in [-0.2, 0) is 4.79 Å². The molecule has 2 fully saturated rings. The van der Waals surface area contributed by atoms with E-state index in [-0.39, 0.29) is 5.41 Å². The quantitative estimate of drug-likeness (QED) is 0.726. The Hall–Kier alpha value is -0.530. The lowest BCUT2D eigenvalue weighted by Crippen LogP contribution is -2.16. The van der Waals surface area contributed by atoms with Gasteiger partial charge in [-0.2, -0.15) is 0 Å². The van der Waals surface area contributed by atoms with Crippen molar-refractivity contribution in [1.82, 2.24) is 0 Å². The van der Waals surface area contributed by atoms with Crippen molar-refractivity contribution < 1.29 is 9.90 Å². The van der Waals surface area contributed by atoms with Gasteiger partial charge in [0.05, 0.1) is 5.41 Å². The minimum Gasteiger partial charge on any atom is -0.481 e. The maximum absolute atomic E-state index is 10.6. The van der Waals surface area contributed by atoms with E-state index in [0.29, 0.717) is 5.92 Å². The molecule has 2 rings (SSSR count). The lowest BCUT2D eigenvalue weighted by Gasteiger charge is -2.11. The van der Waals surface area contributed by atoms with Crippen molar-refractivity contribution in [2.24, 2.45) is 22.7 Å². The SMILES string of the molecule is CC(C)CC1(C(=O)O)CC1.CC(C)CCC1(C)CC1. The third-order valence-corrected chi connectivity index (χ3v) is 4.54. The van der Waals surface area contributed by atoms with Crippen molar-refractivity contribution in [3.05, 3.63) is 0 Å². The second-order valence-corrected chi connectivity index (χ2v) is 7.93. The smallest absolute Gasteiger partial charge is 0.309 e. The zero-order valence-electron chi connectivity index (χ0n) is 13.5. The lowest BCUT2D eigenvalue weighted by atomic mass is 9.95. The van der Waals surface area contributed by atoms with Crippen LogP contribution in [0, 0.1) is 22.7 Å². The van der Waals surface area contributed by atoms with Crippen LogP contribution in [0.4, 0.5) is 0 Å². The highest BCUT2D eigenvalue weighted by Gasteiger charge is 2.49. The summed E-state index contributed by atoms with van der Waals surface area (Å²) in [5.74, 6) is 0.822. The molecule has 0 spiro atoms. The Bertz CT molecular complexity index is 296. The highest BCUT2D eigenvalue weighted by Crippen LogP contribution is 2.50. The van der Waals surface area contributed by atoms with Crippen LogP contribution >= 0.6 is 0 Å². The summed E-state index contributed by atoms with van der Waals surface area (Å²) >= 11 is 0. The molecule has 112 valence electrons. The molecular weight excluding hydrogens is 236 g/mol. The van der Waals surface area contributed by atoms with Crippen LogP contribution in [0.15, 0.2) is 0 Å². The summed E-state index contributed by atoms with van der Waals surface area (Å²) in [6.07, 6.45) is 8.49. The monoisotopic (exact) mass is 268 g/mol. The summed E-state index contributed by atoms with van der Waals surface area (Å²) in [7, 11) is 0. The molecule has 19 heavy (non-hydrogen) atoms. The summed E-state index contributed by atoms with van der Waals surface area (Å²) in [6, 6.07) is 0. The molecule has 0 aromatic rings. The van der Waals surface area contributed by atoms with Gasteiger partial charge in [-0.05, 0) is 55.8 Å². The van der Waals surface area contributed by atoms with Crippen molar-refractivity contribution in [3.63, 3.8) is 0 Å². The average molecular weight is 268 g/mol. The zero-order valence-corrected chi connectivity index (χ0v) is 13.5. The standard InChI is InChI=1S/C9H18.C8H14O2/c1-8(2)4-5-9(3)6-7-9;1-6(2)5-8(3-4-8)7(9)10/h8H,4-7H2,1-3H3;6H,3-5H2,1-2H3,(H,9,10). The molecule has 2 aliphatic carbocycles. The van der Waals surface area contributed by atoms with Crippen LogP contribution in [0.1, 0.15) is 79.6 Å². The molecule has 2 nitrogen and oxygen atoms in total. The normalized spacial score (nSPS) is 21.8. The van der Waals surface area contributed by atoms with E-state index in [1.54, 1.807) is 0 Å². The van der Waals surface area contributed by atoms with E-state index in [9.17, 15) is 4.79 Å². The van der Waals surface area contributed by atoms with Crippen molar-refractivity contribution in [2.75, 3.05) is 0 Å². The molecule has 0 aromatic carbocycles. The molecule has 0 radical (unpaired) electrons. The van der Waals surface area contributed by atoms with Gasteiger partial charge in [0, 0.05) is 0 Å². The third-order valence-electron chi connectivity index (χ3n) is 4.54. The van der Waals surface area contributed by atoms with E-state index in [4.69, 9.17) is 5.11 Å². The number of rotatable bonds is 6. The van der Waals surface area contributed by atoms with E-state index >= 15 is 0 Å². The van der Waals surface area contributed by atoms with Gasteiger partial charge >= 0.3 is 5.97 Å². The summed E-state index contributed by atoms with van der Waals surface area (Å²) in [6.45, 7) is 11.2. The number of hydrogen-bond donors (Lipinski definition) is 1. The second kappa shape index (κ2) is 6.28. The summed E-state index contributed by atoms with van der Waals surface area (Å²) in [4.78, 5) is 10.6. The fraction of sp³-hybridized carbons (Fsp3) is 0.941. The van der Waals surface area contributed by atoms with E-state index in [2.05, 4.69) is 34.6 Å². The van der Waals surface area contributed by atoms with Gasteiger partial charge in [0.1, 0.15) is 0 Å². The molecular formula is C17H32O2. The fourth-order valence-corrected chi connectivity index (χ4v) is 2.54. The topological polar surface area (TPSA) is 37.3 Å². The minimum absolute atomic E-state index is 0.311. The predicted octanol–water partition coefficient (Wildman–Crippen LogP) is 5.12. The Morgan fingerprint density at radius 1 is 1.05 bits per heavy atom. The first-order valence-corrected chi connectivity index (χ1v) is 7.92. The number of aliphatic carboxylic acids is 1. The van der Waals surface area contributed by atoms with Crippen LogP contribution in [0.5, 0.6) is 0 Å². The van der Waals surface area contributed by atoms with Crippen molar-refractivity contribution >= 4 is 5.97 Å². The number of carbonyl (C=O) groups is 1. The Labute approximate surface area is 119 Å². The Balaban J connectivity index is 0.000000191. The molecule has 2 heteroatoms. The molecule has 0 unspecified atom stereocenters. The van der Waals surface area contributed by atoms with Gasteiger partial charge in [-0.3, -0.25) is 4.79 Å². The van der Waals surface area contributed by atoms with Crippen molar-refractivity contribution in [2.45, 2.75) is 79.6 Å². The minimum atomic E-state index is -0.596. The number of hydrogen-bond acceptors (Lipinski definition) is 1. The average Bonchev–Trinajstić information content (AvgIpc) is 3.16. The number of carboxylic acids is 1. The van der Waals surface area contributed by atoms with E-state index in [0.717, 1.165) is 30.6 Å². The predicted molar refractivity (Wildman–Crippen MR) is 80.2 cm³/mol. The van der Waals surface area contributed by atoms with Gasteiger partial charge in [-0.15, -0.1) is 0 Å². The first-order valence-electron chi connectivity index (χ1n) is 7.92. The second-order valence-electron chi connectivity index (χ2n) is 7.93. The van der Waals surface area contributed by atoms with E-state index < -0.39 is 5.97 Å². The number of carboxylic acid groups (broad SMARTS) is 1. The molecule has 0 heterocycles. The zero-order chi connectivity index (χ0) is 14.7. The maximum Gasteiger partial charge on any atom is 0.309 e. The first kappa shape index (κ1) is 16.5. The van der Waals surface area contributed by atoms with Gasteiger partial charge in [-0.1, -0.05) is 41.0 Å². The van der Waals surface area contributed by atoms with E-state index in [1.807, 2.05) is 0 Å². The Morgan fingerprint density at radius 3 is 1.79 bits per heavy atom. The highest BCUT2D eigenvalue weighted by atomic mass is 16.4. The maximum atomic E-state index is 10.6. The molecule has 0 atom stereocenters. The van der Waals surface area contributed by atoms with Crippen LogP contribution in [0.2, 0.25) is 0 Å².